The van der Waals surface area contributed by atoms with Crippen molar-refractivity contribution in [3.8, 4) is 0 Å². The number of rotatable bonds is 3. The van der Waals surface area contributed by atoms with E-state index in [0.717, 1.165) is 19.5 Å². The van der Waals surface area contributed by atoms with Crippen molar-refractivity contribution in [2.24, 2.45) is 0 Å². The lowest BCUT2D eigenvalue weighted by atomic mass is 10.0. The molecule has 1 aliphatic heterocycles. The first-order valence-electron chi connectivity index (χ1n) is 7.14. The molecule has 1 aliphatic rings. The van der Waals surface area contributed by atoms with Gasteiger partial charge >= 0.3 is 0 Å². The number of hydrogen-bond donors (Lipinski definition) is 1. The molecule has 2 rings (SSSR count). The summed E-state index contributed by atoms with van der Waals surface area (Å²) in [5.74, 6) is 0.281. The minimum atomic E-state index is 0.281. The number of benzene rings is 1. The summed E-state index contributed by atoms with van der Waals surface area (Å²) in [6.45, 7) is 8.04. The smallest absolute Gasteiger partial charge is 0.223 e. The second-order valence-electron chi connectivity index (χ2n) is 5.69. The SMILES string of the molecule is Cc1ccccc1CCC(=O)N1CC(C)NC(C)C1. The van der Waals surface area contributed by atoms with Crippen molar-refractivity contribution in [2.75, 3.05) is 13.1 Å². The minimum Gasteiger partial charge on any atom is -0.340 e. The summed E-state index contributed by atoms with van der Waals surface area (Å²) < 4.78 is 0. The lowest BCUT2D eigenvalue weighted by Crippen LogP contribution is -2.55. The number of amides is 1. The number of carbonyl (C=O) groups is 1. The largest absolute Gasteiger partial charge is 0.340 e. The van der Waals surface area contributed by atoms with Crippen LogP contribution in [0.5, 0.6) is 0 Å². The van der Waals surface area contributed by atoms with E-state index >= 15 is 0 Å². The maximum atomic E-state index is 12.3. The third-order valence-corrected chi connectivity index (χ3v) is 3.78. The molecule has 1 saturated heterocycles. The molecular weight excluding hydrogens is 236 g/mol. The molecule has 2 atom stereocenters. The number of aryl methyl sites for hydroxylation is 2. The molecule has 0 saturated carbocycles. The van der Waals surface area contributed by atoms with Gasteiger partial charge in [-0.2, -0.15) is 0 Å². The molecule has 0 aromatic heterocycles. The Hall–Kier alpha value is -1.35. The Kier molecular flexibility index (Phi) is 4.59. The fraction of sp³-hybridized carbons (Fsp3) is 0.562. The van der Waals surface area contributed by atoms with Crippen LogP contribution in [0.4, 0.5) is 0 Å². The van der Waals surface area contributed by atoms with Crippen molar-refractivity contribution in [1.82, 2.24) is 10.2 Å². The van der Waals surface area contributed by atoms with Gasteiger partial charge in [-0.3, -0.25) is 4.79 Å². The van der Waals surface area contributed by atoms with Crippen LogP contribution >= 0.6 is 0 Å². The summed E-state index contributed by atoms with van der Waals surface area (Å²) in [4.78, 5) is 14.3. The van der Waals surface area contributed by atoms with Gasteiger partial charge in [-0.1, -0.05) is 24.3 Å². The van der Waals surface area contributed by atoms with Crippen LogP contribution in [0.1, 0.15) is 31.4 Å². The molecule has 1 fully saturated rings. The Morgan fingerprint density at radius 3 is 2.53 bits per heavy atom. The normalized spacial score (nSPS) is 23.4. The van der Waals surface area contributed by atoms with Crippen molar-refractivity contribution >= 4 is 5.91 Å². The molecule has 3 heteroatoms. The van der Waals surface area contributed by atoms with Gasteiger partial charge in [0.05, 0.1) is 0 Å². The monoisotopic (exact) mass is 260 g/mol. The van der Waals surface area contributed by atoms with Gasteiger partial charge < -0.3 is 10.2 Å². The van der Waals surface area contributed by atoms with E-state index in [4.69, 9.17) is 0 Å². The number of nitrogens with zero attached hydrogens (tertiary/aromatic N) is 1. The molecule has 0 aliphatic carbocycles. The van der Waals surface area contributed by atoms with Gasteiger partial charge in [0.1, 0.15) is 0 Å². The number of nitrogens with one attached hydrogen (secondary N) is 1. The Bertz CT molecular complexity index is 434. The van der Waals surface area contributed by atoms with Crippen molar-refractivity contribution in [3.63, 3.8) is 0 Å². The lowest BCUT2D eigenvalue weighted by molar-refractivity contribution is -0.132. The van der Waals surface area contributed by atoms with Crippen LogP contribution < -0.4 is 5.32 Å². The molecule has 19 heavy (non-hydrogen) atoms. The van der Waals surface area contributed by atoms with Crippen LogP contribution in [0.15, 0.2) is 24.3 Å². The van der Waals surface area contributed by atoms with Crippen LogP contribution in [-0.4, -0.2) is 36.0 Å². The van der Waals surface area contributed by atoms with E-state index in [-0.39, 0.29) is 5.91 Å². The van der Waals surface area contributed by atoms with Gasteiger partial charge in [0.25, 0.3) is 0 Å². The molecule has 0 radical (unpaired) electrons. The van der Waals surface area contributed by atoms with Crippen molar-refractivity contribution in [3.05, 3.63) is 35.4 Å². The molecule has 2 unspecified atom stereocenters. The first-order valence-corrected chi connectivity index (χ1v) is 7.14. The second kappa shape index (κ2) is 6.20. The van der Waals surface area contributed by atoms with E-state index in [0.29, 0.717) is 18.5 Å². The average Bonchev–Trinajstić information content (AvgIpc) is 2.36. The van der Waals surface area contributed by atoms with Gasteiger partial charge in [0, 0.05) is 31.6 Å². The molecule has 3 nitrogen and oxygen atoms in total. The topological polar surface area (TPSA) is 32.3 Å². The minimum absolute atomic E-state index is 0.281. The molecule has 1 aromatic carbocycles. The summed E-state index contributed by atoms with van der Waals surface area (Å²) in [7, 11) is 0. The molecule has 1 N–H and O–H groups in total. The molecule has 1 heterocycles. The Labute approximate surface area is 116 Å². The van der Waals surface area contributed by atoms with Crippen molar-refractivity contribution in [1.29, 1.82) is 0 Å². The Morgan fingerprint density at radius 2 is 1.89 bits per heavy atom. The Balaban J connectivity index is 1.89. The van der Waals surface area contributed by atoms with Gasteiger partial charge in [-0.25, -0.2) is 0 Å². The highest BCUT2D eigenvalue weighted by Gasteiger charge is 2.24. The Morgan fingerprint density at radius 1 is 1.26 bits per heavy atom. The van der Waals surface area contributed by atoms with E-state index in [1.54, 1.807) is 0 Å². The van der Waals surface area contributed by atoms with E-state index in [1.807, 2.05) is 17.0 Å². The maximum absolute atomic E-state index is 12.3. The van der Waals surface area contributed by atoms with Gasteiger partial charge in [0.15, 0.2) is 0 Å². The third-order valence-electron chi connectivity index (χ3n) is 3.78. The van der Waals surface area contributed by atoms with Gasteiger partial charge in [-0.05, 0) is 38.3 Å². The maximum Gasteiger partial charge on any atom is 0.223 e. The zero-order chi connectivity index (χ0) is 13.8. The first kappa shape index (κ1) is 14.1. The summed E-state index contributed by atoms with van der Waals surface area (Å²) in [6.07, 6.45) is 1.46. The predicted octanol–water partition coefficient (Wildman–Crippen LogP) is 2.14. The van der Waals surface area contributed by atoms with Crippen LogP contribution in [0.2, 0.25) is 0 Å². The predicted molar refractivity (Wildman–Crippen MR) is 78.1 cm³/mol. The zero-order valence-electron chi connectivity index (χ0n) is 12.1. The van der Waals surface area contributed by atoms with Crippen molar-refractivity contribution in [2.45, 2.75) is 45.7 Å². The van der Waals surface area contributed by atoms with Crippen molar-refractivity contribution < 1.29 is 4.79 Å². The average molecular weight is 260 g/mol. The molecule has 0 spiro atoms. The van der Waals surface area contributed by atoms with E-state index < -0.39 is 0 Å². The van der Waals surface area contributed by atoms with Crippen LogP contribution in [0.25, 0.3) is 0 Å². The van der Waals surface area contributed by atoms with Gasteiger partial charge in [0.2, 0.25) is 5.91 Å². The molecule has 0 bridgehead atoms. The fourth-order valence-electron chi connectivity index (χ4n) is 2.82. The summed E-state index contributed by atoms with van der Waals surface area (Å²) in [6, 6.07) is 9.10. The molecular formula is C16H24N2O. The highest BCUT2D eigenvalue weighted by atomic mass is 16.2. The fourth-order valence-corrected chi connectivity index (χ4v) is 2.82. The zero-order valence-corrected chi connectivity index (χ0v) is 12.1. The van der Waals surface area contributed by atoms with Crippen LogP contribution in [-0.2, 0) is 11.2 Å². The molecule has 104 valence electrons. The highest BCUT2D eigenvalue weighted by molar-refractivity contribution is 5.76. The number of carbonyl (C=O) groups excluding carboxylic acids is 1. The molecule has 1 amide bonds. The number of piperazine rings is 1. The second-order valence-corrected chi connectivity index (χ2v) is 5.69. The quantitative estimate of drug-likeness (QED) is 0.903. The standard InChI is InChI=1S/C16H24N2O/c1-12-6-4-5-7-15(12)8-9-16(19)18-10-13(2)17-14(3)11-18/h4-7,13-14,17H,8-11H2,1-3H3. The van der Waals surface area contributed by atoms with Crippen LogP contribution in [0.3, 0.4) is 0 Å². The third kappa shape index (κ3) is 3.80. The highest BCUT2D eigenvalue weighted by Crippen LogP contribution is 2.12. The van der Waals surface area contributed by atoms with E-state index in [2.05, 4.69) is 38.2 Å². The first-order chi connectivity index (χ1) is 9.06. The van der Waals surface area contributed by atoms with Gasteiger partial charge in [-0.15, -0.1) is 0 Å². The van der Waals surface area contributed by atoms with E-state index in [1.165, 1.54) is 11.1 Å². The molecule has 1 aromatic rings. The van der Waals surface area contributed by atoms with Crippen LogP contribution in [0, 0.1) is 6.92 Å². The summed E-state index contributed by atoms with van der Waals surface area (Å²) in [5.41, 5.74) is 2.56. The lowest BCUT2D eigenvalue weighted by Gasteiger charge is -2.36. The summed E-state index contributed by atoms with van der Waals surface area (Å²) >= 11 is 0. The summed E-state index contributed by atoms with van der Waals surface area (Å²) in [5, 5.41) is 3.45. The number of hydrogen-bond acceptors (Lipinski definition) is 2. The van der Waals surface area contributed by atoms with E-state index in [9.17, 15) is 4.79 Å².